The van der Waals surface area contributed by atoms with Gasteiger partial charge in [0.2, 0.25) is 11.8 Å². The zero-order valence-corrected chi connectivity index (χ0v) is 19.6. The first kappa shape index (κ1) is 25.1. The first-order chi connectivity index (χ1) is 16.4. The van der Waals surface area contributed by atoms with Gasteiger partial charge >= 0.3 is 0 Å². The number of aromatic nitrogens is 4. The molecule has 3 N–H and O–H groups in total. The van der Waals surface area contributed by atoms with Crippen LogP contribution >= 0.6 is 0 Å². The molecule has 3 aromatic heterocycles. The minimum absolute atomic E-state index is 0.0153. The molecule has 182 valence electrons. The predicted octanol–water partition coefficient (Wildman–Crippen LogP) is 1.20. The van der Waals surface area contributed by atoms with Gasteiger partial charge in [-0.1, -0.05) is 6.92 Å². The summed E-state index contributed by atoms with van der Waals surface area (Å²) in [6.07, 6.45) is 3.53. The highest BCUT2D eigenvalue weighted by atomic mass is 16.5. The number of nitrogens with one attached hydrogen (secondary N) is 2. The number of hydrogen-bond acceptors (Lipinski definition) is 9. The predicted molar refractivity (Wildman–Crippen MR) is 128 cm³/mol. The number of aliphatic hydroxyl groups excluding tert-OH is 1. The van der Waals surface area contributed by atoms with Crippen LogP contribution in [0, 0.1) is 0 Å². The topological polar surface area (TPSA) is 140 Å². The van der Waals surface area contributed by atoms with Crippen LogP contribution in [-0.2, 0) is 16.1 Å². The van der Waals surface area contributed by atoms with Crippen LogP contribution in [-0.4, -0.2) is 70.0 Å². The summed E-state index contributed by atoms with van der Waals surface area (Å²) in [5.41, 5.74) is 2.09. The van der Waals surface area contributed by atoms with Crippen molar-refractivity contribution in [2.24, 2.45) is 0 Å². The zero-order chi connectivity index (χ0) is 24.5. The van der Waals surface area contributed by atoms with E-state index in [2.05, 4.69) is 25.6 Å². The number of ether oxygens (including phenoxy) is 2. The summed E-state index contributed by atoms with van der Waals surface area (Å²) in [6.45, 7) is 4.77. The number of methoxy groups -OCH3 is 1. The Kier molecular flexibility index (Phi) is 8.88. The van der Waals surface area contributed by atoms with Gasteiger partial charge in [0, 0.05) is 49.3 Å². The van der Waals surface area contributed by atoms with Crippen LogP contribution in [0.1, 0.15) is 20.3 Å². The van der Waals surface area contributed by atoms with Gasteiger partial charge in [-0.3, -0.25) is 14.2 Å². The molecule has 1 atom stereocenters. The molecule has 0 aromatic carbocycles. The number of carbonyl (C=O) groups excluding carboxylic acids is 1. The zero-order valence-electron chi connectivity index (χ0n) is 19.6. The molecule has 11 nitrogen and oxygen atoms in total. The third-order valence-electron chi connectivity index (χ3n) is 4.90. The molecule has 0 saturated heterocycles. The normalized spacial score (nSPS) is 11.9. The van der Waals surface area contributed by atoms with Crippen molar-refractivity contribution < 1.29 is 19.4 Å². The molecule has 3 rings (SSSR count). The SMILES string of the molecule is CCCOCCn1c(=O)c(NCC(=O)NC[C@@H](C)O)nc2ncc(-c3ccc(OC)nc3)cc21. The molecule has 0 aliphatic rings. The number of anilines is 1. The molecule has 0 bridgehead atoms. The van der Waals surface area contributed by atoms with Crippen LogP contribution in [0.25, 0.3) is 22.3 Å². The molecule has 0 aliphatic heterocycles. The summed E-state index contributed by atoms with van der Waals surface area (Å²) in [7, 11) is 1.55. The number of fused-ring (bicyclic) bond motifs is 1. The van der Waals surface area contributed by atoms with Crippen LogP contribution in [0.5, 0.6) is 5.88 Å². The van der Waals surface area contributed by atoms with Gasteiger partial charge in [-0.05, 0) is 25.5 Å². The maximum atomic E-state index is 13.2. The standard InChI is InChI=1S/C23H30N6O5/c1-4-8-34-9-7-29-18-10-17(16-5-6-20(33-3)25-12-16)13-26-21(18)28-22(23(29)32)27-14-19(31)24-11-15(2)30/h5-6,10,12-13,15,30H,4,7-9,11,14H2,1-3H3,(H,24,31)(H,26,27,28)/t15-/m1/s1. The van der Waals surface area contributed by atoms with Crippen LogP contribution in [0.4, 0.5) is 5.82 Å². The van der Waals surface area contributed by atoms with E-state index in [0.29, 0.717) is 36.8 Å². The second-order valence-electron chi connectivity index (χ2n) is 7.69. The Bertz CT molecular complexity index is 1160. The largest absolute Gasteiger partial charge is 0.481 e. The van der Waals surface area contributed by atoms with Crippen LogP contribution in [0.2, 0.25) is 0 Å². The van der Waals surface area contributed by atoms with Crippen molar-refractivity contribution in [1.82, 2.24) is 24.8 Å². The van der Waals surface area contributed by atoms with Gasteiger partial charge in [0.05, 0.1) is 31.9 Å². The van der Waals surface area contributed by atoms with E-state index in [1.807, 2.05) is 19.1 Å². The molecule has 0 saturated carbocycles. The van der Waals surface area contributed by atoms with E-state index in [1.54, 1.807) is 37.1 Å². The van der Waals surface area contributed by atoms with Gasteiger partial charge in [-0.25, -0.2) is 15.0 Å². The fourth-order valence-corrected chi connectivity index (χ4v) is 3.18. The lowest BCUT2D eigenvalue weighted by Crippen LogP contribution is -2.36. The molecule has 34 heavy (non-hydrogen) atoms. The Morgan fingerprint density at radius 3 is 2.68 bits per heavy atom. The fraction of sp³-hybridized carbons (Fsp3) is 0.435. The van der Waals surface area contributed by atoms with Crippen molar-refractivity contribution in [3.05, 3.63) is 40.9 Å². The van der Waals surface area contributed by atoms with Crippen LogP contribution < -0.4 is 20.9 Å². The Morgan fingerprint density at radius 2 is 2.00 bits per heavy atom. The lowest BCUT2D eigenvalue weighted by Gasteiger charge is -2.14. The second-order valence-corrected chi connectivity index (χ2v) is 7.69. The van der Waals surface area contributed by atoms with Crippen molar-refractivity contribution in [2.45, 2.75) is 32.9 Å². The number of pyridine rings is 2. The highest BCUT2D eigenvalue weighted by Crippen LogP contribution is 2.23. The minimum atomic E-state index is -0.664. The first-order valence-corrected chi connectivity index (χ1v) is 11.1. The lowest BCUT2D eigenvalue weighted by atomic mass is 10.1. The maximum Gasteiger partial charge on any atom is 0.293 e. The minimum Gasteiger partial charge on any atom is -0.481 e. The molecule has 0 radical (unpaired) electrons. The molecule has 0 fully saturated rings. The molecular formula is C23H30N6O5. The summed E-state index contributed by atoms with van der Waals surface area (Å²) < 4.78 is 12.2. The van der Waals surface area contributed by atoms with E-state index in [0.717, 1.165) is 17.5 Å². The van der Waals surface area contributed by atoms with E-state index in [4.69, 9.17) is 9.47 Å². The van der Waals surface area contributed by atoms with Crippen molar-refractivity contribution in [2.75, 3.05) is 38.7 Å². The van der Waals surface area contributed by atoms with Crippen LogP contribution in [0.3, 0.4) is 0 Å². The monoisotopic (exact) mass is 470 g/mol. The Labute approximate surface area is 197 Å². The lowest BCUT2D eigenvalue weighted by molar-refractivity contribution is -0.119. The van der Waals surface area contributed by atoms with Gasteiger partial charge < -0.3 is 25.2 Å². The fourth-order valence-electron chi connectivity index (χ4n) is 3.18. The van der Waals surface area contributed by atoms with E-state index in [1.165, 1.54) is 0 Å². The molecule has 1 amide bonds. The third kappa shape index (κ3) is 6.49. The summed E-state index contributed by atoms with van der Waals surface area (Å²) in [4.78, 5) is 38.2. The third-order valence-corrected chi connectivity index (χ3v) is 4.90. The van der Waals surface area contributed by atoms with Gasteiger partial charge in [-0.15, -0.1) is 0 Å². The van der Waals surface area contributed by atoms with Crippen molar-refractivity contribution in [3.8, 4) is 17.0 Å². The van der Waals surface area contributed by atoms with Crippen molar-refractivity contribution >= 4 is 22.9 Å². The molecule has 3 aromatic rings. The number of carbonyl (C=O) groups is 1. The maximum absolute atomic E-state index is 13.2. The first-order valence-electron chi connectivity index (χ1n) is 11.1. The van der Waals surface area contributed by atoms with E-state index in [9.17, 15) is 14.7 Å². The van der Waals surface area contributed by atoms with E-state index >= 15 is 0 Å². The van der Waals surface area contributed by atoms with E-state index < -0.39 is 6.10 Å². The number of amides is 1. The quantitative estimate of drug-likeness (QED) is 0.333. The number of aliphatic hydroxyl groups is 1. The summed E-state index contributed by atoms with van der Waals surface area (Å²) in [5.74, 6) is 0.147. The summed E-state index contributed by atoms with van der Waals surface area (Å²) in [5, 5.41) is 14.7. The van der Waals surface area contributed by atoms with Gasteiger partial charge in [0.15, 0.2) is 11.5 Å². The summed E-state index contributed by atoms with van der Waals surface area (Å²) >= 11 is 0. The van der Waals surface area contributed by atoms with Gasteiger partial charge in [0.25, 0.3) is 5.56 Å². The van der Waals surface area contributed by atoms with Gasteiger partial charge in [-0.2, -0.15) is 0 Å². The molecule has 0 spiro atoms. The highest BCUT2D eigenvalue weighted by Gasteiger charge is 2.15. The average Bonchev–Trinajstić information content (AvgIpc) is 2.85. The van der Waals surface area contributed by atoms with E-state index in [-0.39, 0.29) is 30.4 Å². The highest BCUT2D eigenvalue weighted by molar-refractivity contribution is 5.82. The molecule has 0 aliphatic carbocycles. The Hall–Kier alpha value is -3.57. The number of hydrogen-bond donors (Lipinski definition) is 3. The number of rotatable bonds is 12. The molecule has 11 heteroatoms. The van der Waals surface area contributed by atoms with Gasteiger partial charge in [0.1, 0.15) is 0 Å². The van der Waals surface area contributed by atoms with Crippen molar-refractivity contribution in [1.29, 1.82) is 0 Å². The Balaban J connectivity index is 1.93. The summed E-state index contributed by atoms with van der Waals surface area (Å²) in [6, 6.07) is 5.44. The van der Waals surface area contributed by atoms with Crippen molar-refractivity contribution in [3.63, 3.8) is 0 Å². The second kappa shape index (κ2) is 12.1. The Morgan fingerprint density at radius 1 is 1.21 bits per heavy atom. The molecule has 0 unspecified atom stereocenters. The number of nitrogens with zero attached hydrogens (tertiary/aromatic N) is 4. The molecular weight excluding hydrogens is 440 g/mol. The smallest absolute Gasteiger partial charge is 0.293 e. The van der Waals surface area contributed by atoms with Crippen LogP contribution in [0.15, 0.2) is 35.4 Å². The average molecular weight is 471 g/mol. The molecule has 3 heterocycles.